The molecule has 0 aliphatic carbocycles. The lowest BCUT2D eigenvalue weighted by Gasteiger charge is -2.34. The van der Waals surface area contributed by atoms with Gasteiger partial charge in [-0.2, -0.15) is 0 Å². The van der Waals surface area contributed by atoms with Crippen LogP contribution in [0.1, 0.15) is 26.5 Å². The van der Waals surface area contributed by atoms with Crippen molar-refractivity contribution in [3.05, 3.63) is 36.3 Å². The van der Waals surface area contributed by atoms with Crippen LogP contribution < -0.4 is 5.32 Å². The van der Waals surface area contributed by atoms with Crippen LogP contribution in [-0.4, -0.2) is 87.8 Å². The minimum absolute atomic E-state index is 0.0251. The molecule has 1 saturated heterocycles. The fourth-order valence-electron chi connectivity index (χ4n) is 3.47. The second-order valence-electron chi connectivity index (χ2n) is 8.80. The van der Waals surface area contributed by atoms with Crippen molar-refractivity contribution in [1.82, 2.24) is 29.4 Å². The predicted octanol–water partition coefficient (Wildman–Crippen LogP) is 0.825. The molecule has 2 amide bonds. The first kappa shape index (κ1) is 21.3. The molecule has 0 aromatic carbocycles. The number of likely N-dealkylation sites (N-methyl/N-ethyl adjacent to an activating group) is 1. The molecule has 0 unspecified atom stereocenters. The van der Waals surface area contributed by atoms with E-state index in [9.17, 15) is 9.59 Å². The van der Waals surface area contributed by atoms with Crippen molar-refractivity contribution in [3.8, 4) is 0 Å². The molecule has 3 heterocycles. The molecule has 29 heavy (non-hydrogen) atoms. The fourth-order valence-corrected chi connectivity index (χ4v) is 3.47. The first-order valence-corrected chi connectivity index (χ1v) is 10.1. The van der Waals surface area contributed by atoms with Crippen LogP contribution >= 0.6 is 0 Å². The van der Waals surface area contributed by atoms with Crippen LogP contribution in [0.15, 0.2) is 30.6 Å². The number of hydrogen-bond acceptors (Lipinski definition) is 5. The van der Waals surface area contributed by atoms with Gasteiger partial charge in [-0.3, -0.25) is 19.4 Å². The van der Waals surface area contributed by atoms with Gasteiger partial charge in [0.1, 0.15) is 5.65 Å². The van der Waals surface area contributed by atoms with Crippen molar-refractivity contribution in [2.45, 2.75) is 32.9 Å². The van der Waals surface area contributed by atoms with Crippen LogP contribution in [0.25, 0.3) is 5.65 Å². The van der Waals surface area contributed by atoms with E-state index in [0.29, 0.717) is 6.54 Å². The van der Waals surface area contributed by atoms with Crippen molar-refractivity contribution in [3.63, 3.8) is 0 Å². The van der Waals surface area contributed by atoms with Gasteiger partial charge in [0.15, 0.2) is 0 Å². The van der Waals surface area contributed by atoms with Gasteiger partial charge in [-0.15, -0.1) is 0 Å². The van der Waals surface area contributed by atoms with E-state index in [1.54, 1.807) is 7.05 Å². The van der Waals surface area contributed by atoms with Gasteiger partial charge in [-0.25, -0.2) is 4.98 Å². The highest BCUT2D eigenvalue weighted by Gasteiger charge is 2.23. The summed E-state index contributed by atoms with van der Waals surface area (Å²) in [6.07, 6.45) is 4.08. The Morgan fingerprint density at radius 1 is 1.14 bits per heavy atom. The lowest BCUT2D eigenvalue weighted by molar-refractivity contribution is -0.136. The number of carbonyl (C=O) groups is 2. The lowest BCUT2D eigenvalue weighted by atomic mass is 10.1. The number of nitrogens with zero attached hydrogens (tertiary/aromatic N) is 5. The maximum absolute atomic E-state index is 12.5. The largest absolute Gasteiger partial charge is 0.350 e. The Hall–Kier alpha value is -2.45. The lowest BCUT2D eigenvalue weighted by Crippen LogP contribution is -2.51. The van der Waals surface area contributed by atoms with E-state index in [1.165, 1.54) is 4.90 Å². The average molecular weight is 401 g/mol. The number of carbonyl (C=O) groups excluding carboxylic acids is 2. The number of hydrogen-bond donors (Lipinski definition) is 1. The van der Waals surface area contributed by atoms with E-state index in [0.717, 1.165) is 44.1 Å². The highest BCUT2D eigenvalue weighted by molar-refractivity contribution is 5.85. The molecule has 3 rings (SSSR count). The van der Waals surface area contributed by atoms with E-state index in [4.69, 9.17) is 0 Å². The van der Waals surface area contributed by atoms with Gasteiger partial charge < -0.3 is 14.6 Å². The third-order valence-corrected chi connectivity index (χ3v) is 4.94. The molecule has 1 aliphatic rings. The van der Waals surface area contributed by atoms with Crippen LogP contribution in [0, 0.1) is 0 Å². The van der Waals surface area contributed by atoms with Gasteiger partial charge in [0.05, 0.1) is 18.8 Å². The molecule has 8 nitrogen and oxygen atoms in total. The summed E-state index contributed by atoms with van der Waals surface area (Å²) in [6.45, 7) is 10.5. The van der Waals surface area contributed by atoms with Crippen LogP contribution in [0.3, 0.4) is 0 Å². The molecule has 0 saturated carbocycles. The van der Waals surface area contributed by atoms with Crippen LogP contribution in [0.5, 0.6) is 0 Å². The minimum atomic E-state index is -0.293. The topological polar surface area (TPSA) is 73.2 Å². The molecule has 158 valence electrons. The van der Waals surface area contributed by atoms with E-state index < -0.39 is 0 Å². The van der Waals surface area contributed by atoms with Gasteiger partial charge in [-0.05, 0) is 32.9 Å². The summed E-state index contributed by atoms with van der Waals surface area (Å²) < 4.78 is 2.04. The maximum Gasteiger partial charge on any atom is 0.240 e. The number of rotatable bonds is 6. The Balaban J connectivity index is 1.42. The molecule has 0 spiro atoms. The molecule has 1 aliphatic heterocycles. The summed E-state index contributed by atoms with van der Waals surface area (Å²) in [5, 5.41) is 2.89. The summed E-state index contributed by atoms with van der Waals surface area (Å²) in [5.41, 5.74) is 1.73. The summed E-state index contributed by atoms with van der Waals surface area (Å²) in [5.74, 6) is -0.159. The quantitative estimate of drug-likeness (QED) is 0.777. The molecule has 0 radical (unpaired) electrons. The second-order valence-corrected chi connectivity index (χ2v) is 8.80. The molecule has 0 atom stereocenters. The summed E-state index contributed by atoms with van der Waals surface area (Å²) in [4.78, 5) is 35.2. The Labute approximate surface area is 172 Å². The van der Waals surface area contributed by atoms with Crippen LogP contribution in [-0.2, 0) is 16.1 Å². The van der Waals surface area contributed by atoms with E-state index in [-0.39, 0.29) is 23.9 Å². The monoisotopic (exact) mass is 400 g/mol. The Bertz CT molecular complexity index is 815. The number of fused-ring (bicyclic) bond motifs is 1. The number of nitrogens with one attached hydrogen (secondary N) is 1. The molecule has 0 bridgehead atoms. The molecule has 1 N–H and O–H groups in total. The first-order chi connectivity index (χ1) is 13.7. The maximum atomic E-state index is 12.5. The Morgan fingerprint density at radius 3 is 2.48 bits per heavy atom. The third kappa shape index (κ3) is 6.27. The number of imidazole rings is 1. The van der Waals surface area contributed by atoms with Gasteiger partial charge >= 0.3 is 0 Å². The molecule has 8 heteroatoms. The summed E-state index contributed by atoms with van der Waals surface area (Å²) >= 11 is 0. The zero-order valence-corrected chi connectivity index (χ0v) is 17.9. The fraction of sp³-hybridized carbons (Fsp3) is 0.571. The summed E-state index contributed by atoms with van der Waals surface area (Å²) in [7, 11) is 1.68. The van der Waals surface area contributed by atoms with Gasteiger partial charge in [0, 0.05) is 57.7 Å². The van der Waals surface area contributed by atoms with E-state index >= 15 is 0 Å². The smallest absolute Gasteiger partial charge is 0.240 e. The number of pyridine rings is 1. The second kappa shape index (κ2) is 8.92. The van der Waals surface area contributed by atoms with Crippen molar-refractivity contribution < 1.29 is 9.59 Å². The average Bonchev–Trinajstić information content (AvgIpc) is 3.03. The number of aromatic nitrogens is 2. The Kier molecular flexibility index (Phi) is 6.54. The van der Waals surface area contributed by atoms with Gasteiger partial charge in [0.25, 0.3) is 0 Å². The van der Waals surface area contributed by atoms with E-state index in [1.807, 2.05) is 49.6 Å². The molecule has 2 aromatic heterocycles. The number of amides is 2. The molecular weight excluding hydrogens is 368 g/mol. The highest BCUT2D eigenvalue weighted by atomic mass is 16.2. The van der Waals surface area contributed by atoms with Crippen molar-refractivity contribution >= 4 is 17.5 Å². The van der Waals surface area contributed by atoms with Crippen molar-refractivity contribution in [1.29, 1.82) is 0 Å². The SMILES string of the molecule is CN(CC(=O)NC(C)(C)C)C(=O)CN1CCN(Cc2cn3ccccc3n2)CC1. The zero-order valence-electron chi connectivity index (χ0n) is 17.9. The molecule has 1 fully saturated rings. The van der Waals surface area contributed by atoms with Crippen molar-refractivity contribution in [2.75, 3.05) is 46.3 Å². The zero-order chi connectivity index (χ0) is 21.0. The van der Waals surface area contributed by atoms with Crippen molar-refractivity contribution in [2.24, 2.45) is 0 Å². The Morgan fingerprint density at radius 2 is 1.83 bits per heavy atom. The highest BCUT2D eigenvalue weighted by Crippen LogP contribution is 2.10. The van der Waals surface area contributed by atoms with Gasteiger partial charge in [-0.1, -0.05) is 6.07 Å². The minimum Gasteiger partial charge on any atom is -0.350 e. The molecule has 2 aromatic rings. The van der Waals surface area contributed by atoms with Crippen LogP contribution in [0.4, 0.5) is 0 Å². The normalized spacial score (nSPS) is 16.1. The standard InChI is InChI=1S/C21H32N6O2/c1-21(2,3)23-19(28)15-24(4)20(29)16-26-11-9-25(10-12-26)13-17-14-27-8-6-5-7-18(27)22-17/h5-8,14H,9-13,15-16H2,1-4H3,(H,23,28). The number of piperazine rings is 1. The first-order valence-electron chi connectivity index (χ1n) is 10.1. The van der Waals surface area contributed by atoms with Gasteiger partial charge in [0.2, 0.25) is 11.8 Å². The molecular formula is C21H32N6O2. The summed E-state index contributed by atoms with van der Waals surface area (Å²) in [6, 6.07) is 6.00. The third-order valence-electron chi connectivity index (χ3n) is 4.94. The predicted molar refractivity (Wildman–Crippen MR) is 112 cm³/mol. The van der Waals surface area contributed by atoms with E-state index in [2.05, 4.69) is 26.3 Å². The van der Waals surface area contributed by atoms with Crippen LogP contribution in [0.2, 0.25) is 0 Å².